The molecule has 6 rings (SSSR count). The van der Waals surface area contributed by atoms with Crippen molar-refractivity contribution in [1.29, 1.82) is 0 Å². The van der Waals surface area contributed by atoms with Crippen molar-refractivity contribution in [3.8, 4) is 0 Å². The van der Waals surface area contributed by atoms with Crippen LogP contribution in [-0.4, -0.2) is 55.4 Å². The number of hydrogen-bond donors (Lipinski definition) is 0. The summed E-state index contributed by atoms with van der Waals surface area (Å²) < 4.78 is 25.7. The molecule has 3 aliphatic heterocycles. The van der Waals surface area contributed by atoms with Gasteiger partial charge in [0.25, 0.3) is 0 Å². The standard InChI is InChI=1S/C31H47B2NO4/c1-27(2)28(3,4)36-32-26(35-27)22-11-12-25(24-20-31(19-23(22)24)15-9-10-16-31)34-17-13-21(14-18-34)33-37-29(5,6)30(7,8)38-33/h11-12,21H,9-10,13-20H2,1-8H3. The SMILES string of the molecule is CC1(C)OB=C(c2ccc(N3CCC(B4OC(C)(C)C(C)(C)O4)CC3)c3c2CC2(CCCC2)C3)OC1(C)C. The number of fused-ring (bicyclic) bond motifs is 1. The maximum absolute atomic E-state index is 6.64. The Kier molecular flexibility index (Phi) is 6.17. The number of piperidine rings is 1. The van der Waals surface area contributed by atoms with E-state index in [4.69, 9.17) is 18.7 Å². The van der Waals surface area contributed by atoms with Crippen molar-refractivity contribution in [2.75, 3.05) is 18.0 Å². The van der Waals surface area contributed by atoms with E-state index in [1.54, 1.807) is 5.56 Å². The number of anilines is 1. The van der Waals surface area contributed by atoms with Gasteiger partial charge in [-0.3, -0.25) is 0 Å². The van der Waals surface area contributed by atoms with Crippen molar-refractivity contribution in [3.63, 3.8) is 0 Å². The van der Waals surface area contributed by atoms with Gasteiger partial charge in [-0.1, -0.05) is 0 Å². The zero-order valence-electron chi connectivity index (χ0n) is 25.0. The molecule has 3 heterocycles. The summed E-state index contributed by atoms with van der Waals surface area (Å²) in [7, 11) is 1.77. The summed E-state index contributed by atoms with van der Waals surface area (Å²) in [6.07, 6.45) is 9.99. The van der Waals surface area contributed by atoms with E-state index in [-0.39, 0.29) is 23.9 Å². The topological polar surface area (TPSA) is 40.2 Å². The predicted octanol–water partition coefficient (Wildman–Crippen LogP) is 6.11. The van der Waals surface area contributed by atoms with Crippen molar-refractivity contribution < 1.29 is 18.7 Å². The van der Waals surface area contributed by atoms with E-state index in [2.05, 4.69) is 72.4 Å². The minimum atomic E-state index is -0.401. The van der Waals surface area contributed by atoms with Gasteiger partial charge in [-0.25, -0.2) is 0 Å². The molecule has 0 amide bonds. The molecule has 1 spiro atoms. The van der Waals surface area contributed by atoms with Gasteiger partial charge in [-0.15, -0.1) is 0 Å². The van der Waals surface area contributed by atoms with E-state index in [0.717, 1.165) is 31.6 Å². The summed E-state index contributed by atoms with van der Waals surface area (Å²) in [6.45, 7) is 19.2. The number of ether oxygens (including phenoxy) is 1. The molecule has 1 saturated carbocycles. The third-order valence-corrected chi connectivity index (χ3v) is 11.3. The number of nitrogens with zero attached hydrogens (tertiary/aromatic N) is 1. The molecule has 206 valence electrons. The van der Waals surface area contributed by atoms with Crippen LogP contribution in [0.5, 0.6) is 0 Å². The normalized spacial score (nSPS) is 28.5. The predicted molar refractivity (Wildman–Crippen MR) is 156 cm³/mol. The van der Waals surface area contributed by atoms with Gasteiger partial charge in [-0.2, -0.15) is 0 Å². The van der Waals surface area contributed by atoms with Crippen molar-refractivity contribution in [2.24, 2.45) is 5.41 Å². The molecule has 0 unspecified atom stereocenters. The molecular weight excluding hydrogens is 472 g/mol. The third-order valence-electron chi connectivity index (χ3n) is 11.3. The van der Waals surface area contributed by atoms with Crippen molar-refractivity contribution in [3.05, 3.63) is 28.8 Å². The molecule has 0 bridgehead atoms. The van der Waals surface area contributed by atoms with Gasteiger partial charge >= 0.3 is 204 Å². The monoisotopic (exact) mass is 519 g/mol. The molecule has 3 fully saturated rings. The Morgan fingerprint density at radius 2 is 1.39 bits per heavy atom. The molecule has 5 aliphatic rings. The molecule has 5 nitrogen and oxygen atoms in total. The minimum absolute atomic E-state index is 0.0972. The van der Waals surface area contributed by atoms with Gasteiger partial charge in [0.2, 0.25) is 0 Å². The van der Waals surface area contributed by atoms with Crippen LogP contribution in [0.15, 0.2) is 12.1 Å². The zero-order chi connectivity index (χ0) is 27.1. The Labute approximate surface area is 231 Å². The van der Waals surface area contributed by atoms with Crippen LogP contribution in [-0.2, 0) is 31.5 Å². The molecule has 0 radical (unpaired) electrons. The second-order valence-electron chi connectivity index (χ2n) is 14.8. The first-order chi connectivity index (χ1) is 17.7. The Morgan fingerprint density at radius 1 is 0.789 bits per heavy atom. The van der Waals surface area contributed by atoms with E-state index >= 15 is 0 Å². The quantitative estimate of drug-likeness (QED) is 0.451. The van der Waals surface area contributed by atoms with Gasteiger partial charge < -0.3 is 0 Å². The fraction of sp³-hybridized carbons (Fsp3) is 0.774. The van der Waals surface area contributed by atoms with Crippen LogP contribution in [0.4, 0.5) is 5.69 Å². The molecule has 0 atom stereocenters. The van der Waals surface area contributed by atoms with Crippen LogP contribution in [0.3, 0.4) is 0 Å². The summed E-state index contributed by atoms with van der Waals surface area (Å²) in [4.78, 5) is 2.64. The maximum atomic E-state index is 6.64. The van der Waals surface area contributed by atoms with Gasteiger partial charge in [0.05, 0.1) is 0 Å². The molecule has 1 aromatic rings. The first-order valence-electron chi connectivity index (χ1n) is 15.1. The fourth-order valence-electron chi connectivity index (χ4n) is 7.27. The van der Waals surface area contributed by atoms with Crippen LogP contribution in [0.2, 0.25) is 5.82 Å². The molecular formula is C31H47B2NO4. The Bertz CT molecular complexity index is 1110. The Balaban J connectivity index is 1.26. The first kappa shape index (κ1) is 26.7. The van der Waals surface area contributed by atoms with Gasteiger partial charge in [0.15, 0.2) is 0 Å². The van der Waals surface area contributed by atoms with Crippen LogP contribution in [0.1, 0.15) is 111 Å². The van der Waals surface area contributed by atoms with E-state index in [0.29, 0.717) is 11.2 Å². The van der Waals surface area contributed by atoms with Gasteiger partial charge in [0.1, 0.15) is 0 Å². The van der Waals surface area contributed by atoms with E-state index in [9.17, 15) is 0 Å². The molecule has 0 N–H and O–H groups in total. The van der Waals surface area contributed by atoms with Crippen LogP contribution in [0.25, 0.3) is 0 Å². The summed E-state index contributed by atoms with van der Waals surface area (Å²) in [6, 6.07) is 4.68. The van der Waals surface area contributed by atoms with Gasteiger partial charge in [-0.05, 0) is 27.7 Å². The van der Waals surface area contributed by atoms with Crippen LogP contribution < -0.4 is 4.90 Å². The van der Waals surface area contributed by atoms with Crippen molar-refractivity contribution >= 4 is 25.6 Å². The van der Waals surface area contributed by atoms with E-state index < -0.39 is 5.60 Å². The van der Waals surface area contributed by atoms with Crippen LogP contribution >= 0.6 is 0 Å². The van der Waals surface area contributed by atoms with Gasteiger partial charge in [0, 0.05) is 0 Å². The van der Waals surface area contributed by atoms with Crippen LogP contribution in [0, 0.1) is 5.41 Å². The Morgan fingerprint density at radius 3 is 2.00 bits per heavy atom. The second-order valence-corrected chi connectivity index (χ2v) is 14.8. The molecule has 2 saturated heterocycles. The molecule has 38 heavy (non-hydrogen) atoms. The number of rotatable bonds is 3. The molecule has 1 aromatic carbocycles. The zero-order valence-corrected chi connectivity index (χ0v) is 25.0. The number of hydrogen-bond acceptors (Lipinski definition) is 5. The molecule has 2 aliphatic carbocycles. The van der Waals surface area contributed by atoms with Crippen molar-refractivity contribution in [1.82, 2.24) is 0 Å². The third kappa shape index (κ3) is 4.26. The summed E-state index contributed by atoms with van der Waals surface area (Å²) in [5.41, 5.74) is 5.78. The average molecular weight is 519 g/mol. The number of benzene rings is 1. The first-order valence-corrected chi connectivity index (χ1v) is 15.1. The second kappa shape index (κ2) is 8.77. The average Bonchev–Trinajstić information content (AvgIpc) is 3.51. The summed E-state index contributed by atoms with van der Waals surface area (Å²) in [5, 5.41) is 0. The molecule has 0 aromatic heterocycles. The molecule has 7 heteroatoms. The Hall–Kier alpha value is -1.46. The van der Waals surface area contributed by atoms with E-state index in [1.165, 1.54) is 55.3 Å². The summed E-state index contributed by atoms with van der Waals surface area (Å²) >= 11 is 0. The van der Waals surface area contributed by atoms with Crippen molar-refractivity contribution in [2.45, 2.75) is 135 Å². The van der Waals surface area contributed by atoms with E-state index in [1.807, 2.05) is 7.12 Å². The summed E-state index contributed by atoms with van der Waals surface area (Å²) in [5.74, 6) is 0.448. The fourth-order valence-corrected chi connectivity index (χ4v) is 7.27.